The largest absolute Gasteiger partial charge is 0.534 e. The summed E-state index contributed by atoms with van der Waals surface area (Å²) in [5.74, 6) is -1.42. The maximum absolute atomic E-state index is 12.6. The van der Waals surface area contributed by atoms with Crippen molar-refractivity contribution >= 4 is 16.1 Å². The van der Waals surface area contributed by atoms with Gasteiger partial charge >= 0.3 is 21.6 Å². The van der Waals surface area contributed by atoms with E-state index in [1.54, 1.807) is 26.8 Å². The van der Waals surface area contributed by atoms with Crippen molar-refractivity contribution in [3.05, 3.63) is 29.8 Å². The van der Waals surface area contributed by atoms with Gasteiger partial charge in [-0.05, 0) is 60.6 Å². The molecule has 0 amide bonds. The summed E-state index contributed by atoms with van der Waals surface area (Å²) in [7, 11) is -5.76. The van der Waals surface area contributed by atoms with Crippen LogP contribution in [0.15, 0.2) is 24.3 Å². The van der Waals surface area contributed by atoms with E-state index >= 15 is 0 Å². The van der Waals surface area contributed by atoms with Gasteiger partial charge in [0, 0.05) is 6.61 Å². The molecule has 1 aliphatic carbocycles. The van der Waals surface area contributed by atoms with Crippen LogP contribution in [0.5, 0.6) is 5.75 Å². The van der Waals surface area contributed by atoms with Gasteiger partial charge in [0.15, 0.2) is 6.10 Å². The predicted octanol–water partition coefficient (Wildman–Crippen LogP) is 4.61. The lowest BCUT2D eigenvalue weighted by Gasteiger charge is -2.53. The number of carboxylic acids is 1. The molecule has 4 rings (SSSR count). The first-order chi connectivity index (χ1) is 15.1. The van der Waals surface area contributed by atoms with E-state index in [0.29, 0.717) is 31.4 Å². The first-order valence-electron chi connectivity index (χ1n) is 10.7. The molecule has 2 saturated heterocycles. The van der Waals surface area contributed by atoms with Gasteiger partial charge in [0.1, 0.15) is 5.75 Å². The van der Waals surface area contributed by atoms with E-state index in [1.165, 1.54) is 12.1 Å². The van der Waals surface area contributed by atoms with Crippen LogP contribution in [0.25, 0.3) is 0 Å². The predicted molar refractivity (Wildman–Crippen MR) is 112 cm³/mol. The van der Waals surface area contributed by atoms with Gasteiger partial charge in [0.25, 0.3) is 0 Å². The number of carboxylic acid groups (broad SMARTS) is 1. The fourth-order valence-corrected chi connectivity index (χ4v) is 5.00. The quantitative estimate of drug-likeness (QED) is 0.416. The first-order valence-corrected chi connectivity index (χ1v) is 12.1. The standard InChI is InChI=1S/C22H29F3O7S/c1-19(2,3)17(18(26)27)30-12-11-20-7-9-21(10-8-20,31-14-20)15-5-4-6-16(13-15)32-33(28,29)22(23,24)25/h4-6,13,17H,7-12,14H2,1-3H3,(H,26,27). The van der Waals surface area contributed by atoms with Crippen molar-refractivity contribution in [1.82, 2.24) is 0 Å². The molecule has 11 heteroatoms. The Labute approximate surface area is 191 Å². The number of halogens is 3. The van der Waals surface area contributed by atoms with Gasteiger partial charge in [0.2, 0.25) is 0 Å². The van der Waals surface area contributed by atoms with Crippen molar-refractivity contribution in [2.75, 3.05) is 13.2 Å². The Morgan fingerprint density at radius 1 is 1.18 bits per heavy atom. The minimum absolute atomic E-state index is 0.156. The fourth-order valence-electron chi connectivity index (χ4n) is 4.55. The number of aliphatic carboxylic acids is 1. The molecule has 3 fully saturated rings. The van der Waals surface area contributed by atoms with E-state index in [2.05, 4.69) is 4.18 Å². The first kappa shape index (κ1) is 25.8. The highest BCUT2D eigenvalue weighted by Crippen LogP contribution is 2.55. The molecule has 33 heavy (non-hydrogen) atoms. The number of ether oxygens (including phenoxy) is 2. The monoisotopic (exact) mass is 494 g/mol. The summed E-state index contributed by atoms with van der Waals surface area (Å²) in [6, 6.07) is 5.57. The van der Waals surface area contributed by atoms with E-state index in [1.807, 2.05) is 0 Å². The molecule has 0 radical (unpaired) electrons. The number of carbonyl (C=O) groups is 1. The Kier molecular flexibility index (Phi) is 6.82. The van der Waals surface area contributed by atoms with Gasteiger partial charge in [-0.25, -0.2) is 4.79 Å². The maximum Gasteiger partial charge on any atom is 0.534 e. The topological polar surface area (TPSA) is 99.1 Å². The summed E-state index contributed by atoms with van der Waals surface area (Å²) in [4.78, 5) is 11.5. The zero-order valence-corrected chi connectivity index (χ0v) is 19.6. The van der Waals surface area contributed by atoms with Gasteiger partial charge < -0.3 is 18.8 Å². The molecule has 7 nitrogen and oxygen atoms in total. The summed E-state index contributed by atoms with van der Waals surface area (Å²) in [5, 5.41) is 9.41. The van der Waals surface area contributed by atoms with Crippen LogP contribution < -0.4 is 4.18 Å². The Morgan fingerprint density at radius 3 is 2.30 bits per heavy atom. The van der Waals surface area contributed by atoms with Crippen LogP contribution in [-0.2, 0) is 30.0 Å². The second-order valence-electron chi connectivity index (χ2n) is 10.00. The van der Waals surface area contributed by atoms with E-state index in [0.717, 1.165) is 18.9 Å². The van der Waals surface area contributed by atoms with Crippen molar-refractivity contribution < 1.29 is 45.1 Å². The lowest BCUT2D eigenvalue weighted by Crippen LogP contribution is -2.50. The van der Waals surface area contributed by atoms with Gasteiger partial charge in [0.05, 0.1) is 12.2 Å². The summed E-state index contributed by atoms with van der Waals surface area (Å²) in [6.45, 7) is 6.10. The van der Waals surface area contributed by atoms with Crippen LogP contribution in [0, 0.1) is 10.8 Å². The minimum atomic E-state index is -5.76. The molecule has 1 N–H and O–H groups in total. The molecular formula is C22H29F3O7S. The summed E-state index contributed by atoms with van der Waals surface area (Å²) in [6.07, 6.45) is 2.46. The number of hydrogen-bond donors (Lipinski definition) is 1. The van der Waals surface area contributed by atoms with Crippen LogP contribution in [-0.4, -0.2) is 44.3 Å². The molecule has 1 aromatic carbocycles. The maximum atomic E-state index is 12.6. The second-order valence-corrected chi connectivity index (χ2v) is 11.5. The van der Waals surface area contributed by atoms with E-state index in [4.69, 9.17) is 9.47 Å². The van der Waals surface area contributed by atoms with Gasteiger partial charge in [-0.2, -0.15) is 21.6 Å². The van der Waals surface area contributed by atoms with Crippen LogP contribution >= 0.6 is 0 Å². The van der Waals surface area contributed by atoms with Crippen molar-refractivity contribution in [2.24, 2.45) is 10.8 Å². The van der Waals surface area contributed by atoms with Gasteiger partial charge in [-0.15, -0.1) is 0 Å². The lowest BCUT2D eigenvalue weighted by molar-refractivity contribution is -0.197. The zero-order valence-electron chi connectivity index (χ0n) is 18.8. The summed E-state index contributed by atoms with van der Waals surface area (Å²) in [5.41, 5.74) is -6.36. The Balaban J connectivity index is 1.65. The average Bonchev–Trinajstić information content (AvgIpc) is 2.70. The molecule has 2 bridgehead atoms. The smallest absolute Gasteiger partial charge is 0.479 e. The molecule has 0 spiro atoms. The average molecular weight is 495 g/mol. The third-order valence-electron chi connectivity index (χ3n) is 6.55. The molecule has 2 heterocycles. The van der Waals surface area contributed by atoms with Crippen molar-refractivity contribution in [1.29, 1.82) is 0 Å². The zero-order chi connectivity index (χ0) is 24.7. The summed E-state index contributed by atoms with van der Waals surface area (Å²) >= 11 is 0. The van der Waals surface area contributed by atoms with Crippen molar-refractivity contribution in [3.63, 3.8) is 0 Å². The molecular weight excluding hydrogens is 465 g/mol. The fraction of sp³-hybridized carbons (Fsp3) is 0.682. The molecule has 1 saturated carbocycles. The third-order valence-corrected chi connectivity index (χ3v) is 7.53. The van der Waals surface area contributed by atoms with Crippen molar-refractivity contribution in [3.8, 4) is 5.75 Å². The van der Waals surface area contributed by atoms with E-state index < -0.39 is 44.5 Å². The highest BCUT2D eigenvalue weighted by Gasteiger charge is 2.51. The number of hydrogen-bond acceptors (Lipinski definition) is 6. The molecule has 0 aromatic heterocycles. The number of alkyl halides is 3. The molecule has 1 aromatic rings. The third kappa shape index (κ3) is 5.46. The highest BCUT2D eigenvalue weighted by atomic mass is 32.2. The van der Waals surface area contributed by atoms with Crippen LogP contribution in [0.4, 0.5) is 13.2 Å². The number of rotatable bonds is 8. The van der Waals surface area contributed by atoms with Crippen molar-refractivity contribution in [2.45, 2.75) is 70.1 Å². The Morgan fingerprint density at radius 2 is 1.82 bits per heavy atom. The molecule has 2 aliphatic heterocycles. The number of fused-ring (bicyclic) bond motifs is 3. The number of benzene rings is 1. The molecule has 3 aliphatic rings. The normalized spacial score (nSPS) is 26.7. The highest BCUT2D eigenvalue weighted by molar-refractivity contribution is 7.88. The molecule has 1 atom stereocenters. The van der Waals surface area contributed by atoms with Crippen LogP contribution in [0.3, 0.4) is 0 Å². The SMILES string of the molecule is CC(C)(C)C(OCCC12CCC(c3cccc(OS(=O)(=O)C(F)(F)F)c3)(CC1)OC2)C(=O)O. The minimum Gasteiger partial charge on any atom is -0.479 e. The Hall–Kier alpha value is -1.85. The van der Waals surface area contributed by atoms with E-state index in [9.17, 15) is 31.5 Å². The molecule has 186 valence electrons. The van der Waals surface area contributed by atoms with Gasteiger partial charge in [-0.1, -0.05) is 32.9 Å². The molecule has 1 unspecified atom stereocenters. The Bertz CT molecular complexity index is 958. The summed E-state index contributed by atoms with van der Waals surface area (Å²) < 4.78 is 76.7. The van der Waals surface area contributed by atoms with Gasteiger partial charge in [-0.3, -0.25) is 0 Å². The van der Waals surface area contributed by atoms with E-state index in [-0.39, 0.29) is 12.0 Å². The van der Waals surface area contributed by atoms with Crippen LogP contribution in [0.2, 0.25) is 0 Å². The second kappa shape index (κ2) is 8.74. The van der Waals surface area contributed by atoms with Crippen LogP contribution in [0.1, 0.15) is 58.4 Å². The lowest BCUT2D eigenvalue weighted by atomic mass is 9.63.